The Kier molecular flexibility index (Phi) is 4.60. The van der Waals surface area contributed by atoms with Gasteiger partial charge in [0.25, 0.3) is 0 Å². The molecule has 0 atom stereocenters. The van der Waals surface area contributed by atoms with Gasteiger partial charge in [-0.15, -0.1) is 0 Å². The van der Waals surface area contributed by atoms with Crippen LogP contribution >= 0.6 is 11.8 Å². The number of pyridine rings is 1. The lowest BCUT2D eigenvalue weighted by Crippen LogP contribution is -2.07. The summed E-state index contributed by atoms with van der Waals surface area (Å²) in [5, 5.41) is 11.4. The smallest absolute Gasteiger partial charge is 0.199 e. The summed E-state index contributed by atoms with van der Waals surface area (Å²) in [5.41, 5.74) is 2.57. The van der Waals surface area contributed by atoms with E-state index in [1.807, 2.05) is 42.5 Å². The van der Waals surface area contributed by atoms with Gasteiger partial charge in [0.05, 0.1) is 17.0 Å². The Hall–Kier alpha value is -3.18. The van der Waals surface area contributed by atoms with Gasteiger partial charge >= 0.3 is 0 Å². The van der Waals surface area contributed by atoms with Gasteiger partial charge in [-0.3, -0.25) is 9.79 Å². The first-order valence-electron chi connectivity index (χ1n) is 8.45. The molecule has 1 N–H and O–H groups in total. The quantitative estimate of drug-likeness (QED) is 0.615. The molecular weight excluding hydrogens is 356 g/mol. The molecule has 27 heavy (non-hydrogen) atoms. The van der Waals surface area contributed by atoms with Gasteiger partial charge < -0.3 is 5.11 Å². The van der Waals surface area contributed by atoms with Gasteiger partial charge in [-0.25, -0.2) is 4.98 Å². The maximum atomic E-state index is 12.6. The molecule has 0 saturated carbocycles. The van der Waals surface area contributed by atoms with Crippen LogP contribution in [0.4, 0.5) is 5.69 Å². The number of carbonyl (C=O) groups is 1. The molecule has 0 unspecified atom stereocenters. The molecule has 0 amide bonds. The zero-order valence-corrected chi connectivity index (χ0v) is 15.4. The topological polar surface area (TPSA) is 62.6 Å². The second-order valence-corrected chi connectivity index (χ2v) is 7.15. The summed E-state index contributed by atoms with van der Waals surface area (Å²) in [4.78, 5) is 22.5. The van der Waals surface area contributed by atoms with Crippen molar-refractivity contribution in [3.05, 3.63) is 89.6 Å². The largest absolute Gasteiger partial charge is 0.506 e. The number of aliphatic imine (C=N–C) groups is 1. The van der Waals surface area contributed by atoms with Crippen molar-refractivity contribution in [1.29, 1.82) is 0 Å². The van der Waals surface area contributed by atoms with Gasteiger partial charge in [-0.2, -0.15) is 0 Å². The van der Waals surface area contributed by atoms with E-state index in [0.29, 0.717) is 16.8 Å². The van der Waals surface area contributed by atoms with E-state index in [2.05, 4.69) is 9.98 Å². The average Bonchev–Trinajstić information content (AvgIpc) is 2.95. The zero-order valence-electron chi connectivity index (χ0n) is 14.6. The number of aliphatic hydroxyl groups excluding tert-OH is 1. The molecule has 0 spiro atoms. The van der Waals surface area contributed by atoms with Crippen LogP contribution in [0, 0.1) is 0 Å². The Morgan fingerprint density at radius 1 is 0.963 bits per heavy atom. The van der Waals surface area contributed by atoms with Crippen LogP contribution in [0.25, 0.3) is 5.76 Å². The number of aromatic nitrogens is 1. The standard InChI is InChI=1S/C22H16N2O2S/c1-14(20-21(25)17-6-2-3-7-18(17)22(20)26)24-15-9-11-16(12-10-15)27-19-8-4-5-13-23-19/h2-13,25H,1H3. The van der Waals surface area contributed by atoms with E-state index in [1.54, 1.807) is 49.1 Å². The molecule has 0 radical (unpaired) electrons. The first-order valence-corrected chi connectivity index (χ1v) is 9.27. The van der Waals surface area contributed by atoms with Crippen molar-refractivity contribution in [3.8, 4) is 0 Å². The van der Waals surface area contributed by atoms with Crippen molar-refractivity contribution >= 4 is 34.7 Å². The van der Waals surface area contributed by atoms with Gasteiger partial charge in [-0.1, -0.05) is 42.1 Å². The Labute approximate surface area is 161 Å². The maximum Gasteiger partial charge on any atom is 0.199 e. The van der Waals surface area contributed by atoms with Crippen molar-refractivity contribution in [2.75, 3.05) is 0 Å². The number of carbonyl (C=O) groups excluding carboxylic acids is 1. The molecule has 4 rings (SSSR count). The lowest BCUT2D eigenvalue weighted by atomic mass is 10.1. The minimum Gasteiger partial charge on any atom is -0.506 e. The van der Waals surface area contributed by atoms with Crippen LogP contribution in [0.3, 0.4) is 0 Å². The highest BCUT2D eigenvalue weighted by atomic mass is 32.2. The highest BCUT2D eigenvalue weighted by molar-refractivity contribution is 7.99. The van der Waals surface area contributed by atoms with E-state index in [4.69, 9.17) is 0 Å². The van der Waals surface area contributed by atoms with E-state index >= 15 is 0 Å². The SMILES string of the molecule is CC(=Nc1ccc(Sc2ccccn2)cc1)C1=C(O)c2ccccc2C1=O. The molecule has 1 aliphatic carbocycles. The van der Waals surface area contributed by atoms with Crippen LogP contribution in [-0.4, -0.2) is 21.6 Å². The van der Waals surface area contributed by atoms with E-state index in [9.17, 15) is 9.90 Å². The van der Waals surface area contributed by atoms with Crippen molar-refractivity contribution in [2.24, 2.45) is 4.99 Å². The Morgan fingerprint density at radius 3 is 2.33 bits per heavy atom. The number of benzene rings is 2. The van der Waals surface area contributed by atoms with E-state index < -0.39 is 0 Å². The second-order valence-electron chi connectivity index (χ2n) is 6.06. The minimum atomic E-state index is -0.188. The fourth-order valence-electron chi connectivity index (χ4n) is 2.97. The summed E-state index contributed by atoms with van der Waals surface area (Å²) in [5.74, 6) is -0.189. The summed E-state index contributed by atoms with van der Waals surface area (Å²) in [6.07, 6.45) is 1.77. The third-order valence-electron chi connectivity index (χ3n) is 4.25. The lowest BCUT2D eigenvalue weighted by Gasteiger charge is -2.04. The zero-order chi connectivity index (χ0) is 18.8. The van der Waals surface area contributed by atoms with Crippen molar-refractivity contribution in [1.82, 2.24) is 4.98 Å². The predicted molar refractivity (Wildman–Crippen MR) is 108 cm³/mol. The monoisotopic (exact) mass is 372 g/mol. The van der Waals surface area contributed by atoms with Crippen LogP contribution in [0.5, 0.6) is 0 Å². The highest BCUT2D eigenvalue weighted by Crippen LogP contribution is 2.33. The number of fused-ring (bicyclic) bond motifs is 1. The normalized spacial score (nSPS) is 13.8. The Bertz CT molecular complexity index is 1070. The van der Waals surface area contributed by atoms with Crippen LogP contribution in [0.15, 0.2) is 93.4 Å². The Morgan fingerprint density at radius 2 is 1.67 bits per heavy atom. The number of Topliss-reactive ketones (excluding diaryl/α,β-unsaturated/α-hetero) is 1. The Balaban J connectivity index is 1.57. The van der Waals surface area contributed by atoms with E-state index in [0.717, 1.165) is 15.6 Å². The highest BCUT2D eigenvalue weighted by Gasteiger charge is 2.30. The second kappa shape index (κ2) is 7.21. The third kappa shape index (κ3) is 3.41. The van der Waals surface area contributed by atoms with Crippen LogP contribution in [-0.2, 0) is 0 Å². The fraction of sp³-hybridized carbons (Fsp3) is 0.0455. The van der Waals surface area contributed by atoms with Crippen LogP contribution in [0.1, 0.15) is 22.8 Å². The molecule has 3 aromatic rings. The molecule has 5 heteroatoms. The third-order valence-corrected chi connectivity index (χ3v) is 5.20. The predicted octanol–water partition coefficient (Wildman–Crippen LogP) is 5.49. The summed E-state index contributed by atoms with van der Waals surface area (Å²) in [6, 6.07) is 20.6. The van der Waals surface area contributed by atoms with Gasteiger partial charge in [-0.05, 0) is 43.3 Å². The number of aliphatic hydroxyl groups is 1. The van der Waals surface area contributed by atoms with Crippen molar-refractivity contribution < 1.29 is 9.90 Å². The van der Waals surface area contributed by atoms with E-state index in [-0.39, 0.29) is 17.1 Å². The lowest BCUT2D eigenvalue weighted by molar-refractivity contribution is 0.104. The summed E-state index contributed by atoms with van der Waals surface area (Å²) >= 11 is 1.57. The molecule has 0 fully saturated rings. The fourth-order valence-corrected chi connectivity index (χ4v) is 3.74. The molecule has 132 valence electrons. The molecule has 1 aliphatic rings. The minimum absolute atomic E-state index is 0.000761. The first kappa shape index (κ1) is 17.2. The van der Waals surface area contributed by atoms with Crippen LogP contribution in [0.2, 0.25) is 0 Å². The number of hydrogen-bond acceptors (Lipinski definition) is 5. The first-order chi connectivity index (χ1) is 13.1. The van der Waals surface area contributed by atoms with Crippen LogP contribution < -0.4 is 0 Å². The van der Waals surface area contributed by atoms with Gasteiger partial charge in [0, 0.05) is 22.2 Å². The average molecular weight is 372 g/mol. The molecule has 2 aromatic carbocycles. The number of allylic oxidation sites excluding steroid dienone is 1. The number of nitrogens with zero attached hydrogens (tertiary/aromatic N) is 2. The van der Waals surface area contributed by atoms with Crippen molar-refractivity contribution in [3.63, 3.8) is 0 Å². The molecule has 4 nitrogen and oxygen atoms in total. The summed E-state index contributed by atoms with van der Waals surface area (Å²) < 4.78 is 0. The van der Waals surface area contributed by atoms with Crippen molar-refractivity contribution in [2.45, 2.75) is 16.8 Å². The summed E-state index contributed by atoms with van der Waals surface area (Å²) in [6.45, 7) is 1.74. The van der Waals surface area contributed by atoms with Gasteiger partial charge in [0.1, 0.15) is 10.8 Å². The number of rotatable bonds is 4. The summed E-state index contributed by atoms with van der Waals surface area (Å²) in [7, 11) is 0. The molecule has 0 saturated heterocycles. The van der Waals surface area contributed by atoms with Gasteiger partial charge in [0.15, 0.2) is 5.78 Å². The molecule has 0 aliphatic heterocycles. The van der Waals surface area contributed by atoms with E-state index in [1.165, 1.54) is 0 Å². The van der Waals surface area contributed by atoms with Gasteiger partial charge in [0.2, 0.25) is 0 Å². The molecule has 1 aromatic heterocycles. The molecule has 1 heterocycles. The number of ketones is 1. The maximum absolute atomic E-state index is 12.6. The molecular formula is C22H16N2O2S. The number of hydrogen-bond donors (Lipinski definition) is 1. The molecule has 0 bridgehead atoms.